The van der Waals surface area contributed by atoms with E-state index in [1.54, 1.807) is 13.0 Å². The van der Waals surface area contributed by atoms with Gasteiger partial charge in [0.05, 0.1) is 37.1 Å². The van der Waals surface area contributed by atoms with E-state index < -0.39 is 108 Å². The monoisotopic (exact) mass is 874 g/mol. The molecule has 0 saturated carbocycles. The van der Waals surface area contributed by atoms with Gasteiger partial charge in [0.25, 0.3) is 0 Å². The minimum absolute atomic E-state index is 0.0318. The number of cyclic esters (lactones) is 1. The van der Waals surface area contributed by atoms with Crippen molar-refractivity contribution < 1.29 is 72.4 Å². The smallest absolute Gasteiger partial charge is 0.330 e. The fraction of sp³-hybridized carbons (Fsp3) is 0.857. The highest BCUT2D eigenvalue weighted by atomic mass is 32.2. The van der Waals surface area contributed by atoms with Crippen LogP contribution in [0.15, 0.2) is 12.2 Å². The summed E-state index contributed by atoms with van der Waals surface area (Å²) in [6.07, 6.45) is -4.17. The van der Waals surface area contributed by atoms with E-state index in [0.717, 1.165) is 0 Å². The van der Waals surface area contributed by atoms with Gasteiger partial charge in [-0.3, -0.25) is 9.59 Å². The molecular formula is C42H70N2O15S. The Morgan fingerprint density at radius 1 is 0.950 bits per heavy atom. The fourth-order valence-corrected chi connectivity index (χ4v) is 10.1. The van der Waals surface area contributed by atoms with Crippen molar-refractivity contribution in [1.82, 2.24) is 10.2 Å². The summed E-state index contributed by atoms with van der Waals surface area (Å²) in [5, 5.41) is 33.9. The molecule has 4 aliphatic heterocycles. The second-order valence-corrected chi connectivity index (χ2v) is 18.5. The zero-order chi connectivity index (χ0) is 44.6. The van der Waals surface area contributed by atoms with Crippen LogP contribution in [0.5, 0.6) is 0 Å². The van der Waals surface area contributed by atoms with E-state index in [1.807, 2.05) is 53.6 Å². The summed E-state index contributed by atoms with van der Waals surface area (Å²) in [7, 11) is 6.72. The number of carbonyl (C=O) groups is 4. The number of carbonyl (C=O) groups excluding carboxylic acids is 3. The lowest BCUT2D eigenvalue weighted by Gasteiger charge is -2.43. The number of carboxylic acids is 1. The third-order valence-corrected chi connectivity index (χ3v) is 13.7. The number of hydrogen-bond donors (Lipinski definition) is 4. The first kappa shape index (κ1) is 50.4. The number of Topliss-reactive ketones (excluding diaryl/α,β-unsaturated/α-hetero) is 1. The topological polar surface area (TPSA) is 221 Å². The van der Waals surface area contributed by atoms with E-state index in [2.05, 4.69) is 5.32 Å². The largest absolute Gasteiger partial charge is 0.480 e. The second kappa shape index (κ2) is 22.9. The lowest BCUT2D eigenvalue weighted by atomic mass is 9.83. The van der Waals surface area contributed by atoms with Gasteiger partial charge in [0.2, 0.25) is 5.91 Å². The number of nitrogens with zero attached hydrogens (tertiary/aromatic N) is 1. The Morgan fingerprint density at radius 3 is 2.23 bits per heavy atom. The van der Waals surface area contributed by atoms with E-state index in [4.69, 9.17) is 37.9 Å². The van der Waals surface area contributed by atoms with Crippen LogP contribution in [-0.4, -0.2) is 175 Å². The Balaban J connectivity index is 1.68. The van der Waals surface area contributed by atoms with Gasteiger partial charge in [-0.15, -0.1) is 0 Å². The normalized spacial score (nSPS) is 41.8. The first-order valence-corrected chi connectivity index (χ1v) is 22.2. The second-order valence-electron chi connectivity index (χ2n) is 17.2. The van der Waals surface area contributed by atoms with Crippen LogP contribution >= 0.6 is 11.8 Å². The number of esters is 1. The van der Waals surface area contributed by atoms with Gasteiger partial charge in [0.15, 0.2) is 12.6 Å². The Hall–Kier alpha value is -2.23. The molecule has 17 nitrogen and oxygen atoms in total. The van der Waals surface area contributed by atoms with Crippen LogP contribution in [0.1, 0.15) is 74.1 Å². The number of aliphatic hydroxyl groups is 2. The molecule has 3 saturated heterocycles. The van der Waals surface area contributed by atoms with Gasteiger partial charge < -0.3 is 63.4 Å². The number of ketones is 1. The van der Waals surface area contributed by atoms with Gasteiger partial charge >= 0.3 is 11.9 Å². The number of aliphatic hydroxyl groups excluding tert-OH is 2. The molecule has 60 heavy (non-hydrogen) atoms. The van der Waals surface area contributed by atoms with Crippen molar-refractivity contribution >= 4 is 35.4 Å². The molecule has 11 unspecified atom stereocenters. The van der Waals surface area contributed by atoms with Crippen LogP contribution < -0.4 is 5.32 Å². The Labute approximate surface area is 358 Å². The number of likely N-dealkylation sites (N-methyl/N-ethyl adjacent to an activating group) is 1. The van der Waals surface area contributed by atoms with Crippen LogP contribution in [-0.2, 0) is 57.1 Å². The number of carboxylic acid groups (broad SMARTS) is 1. The number of epoxide rings is 1. The van der Waals surface area contributed by atoms with Crippen LogP contribution in [0.3, 0.4) is 0 Å². The molecule has 344 valence electrons. The van der Waals surface area contributed by atoms with Crippen molar-refractivity contribution in [2.45, 2.75) is 165 Å². The van der Waals surface area contributed by atoms with E-state index in [-0.39, 0.29) is 48.5 Å². The minimum Gasteiger partial charge on any atom is -0.480 e. The lowest BCUT2D eigenvalue weighted by molar-refractivity contribution is -0.305. The maximum absolute atomic E-state index is 14.2. The van der Waals surface area contributed by atoms with Crippen LogP contribution in [0, 0.1) is 23.7 Å². The highest BCUT2D eigenvalue weighted by molar-refractivity contribution is 8.00. The maximum Gasteiger partial charge on any atom is 0.330 e. The number of nitrogens with one attached hydrogen (secondary N) is 1. The summed E-state index contributed by atoms with van der Waals surface area (Å²) in [6, 6.07) is -1.42. The number of hydrogen-bond acceptors (Lipinski definition) is 16. The number of aliphatic carboxylic acids is 1. The summed E-state index contributed by atoms with van der Waals surface area (Å²) >= 11 is 1.23. The molecule has 4 rings (SSSR count). The zero-order valence-electron chi connectivity index (χ0n) is 37.0. The van der Waals surface area contributed by atoms with E-state index in [0.29, 0.717) is 19.3 Å². The molecule has 4 heterocycles. The molecule has 19 atom stereocenters. The van der Waals surface area contributed by atoms with Gasteiger partial charge in [0.1, 0.15) is 42.3 Å². The first-order valence-electron chi connectivity index (χ1n) is 21.2. The fourth-order valence-electron chi connectivity index (χ4n) is 8.76. The van der Waals surface area contributed by atoms with Gasteiger partial charge in [-0.05, 0) is 53.1 Å². The Bertz CT molecular complexity index is 1460. The maximum atomic E-state index is 14.2. The van der Waals surface area contributed by atoms with Crippen LogP contribution in [0.2, 0.25) is 0 Å². The number of thioether (sulfide) groups is 1. The highest BCUT2D eigenvalue weighted by Gasteiger charge is 2.54. The quantitative estimate of drug-likeness (QED) is 0.145. The summed E-state index contributed by atoms with van der Waals surface area (Å²) < 4.78 is 48.8. The molecule has 0 bridgehead atoms. The minimum atomic E-state index is -1.21. The van der Waals surface area contributed by atoms with Gasteiger partial charge in [-0.2, -0.15) is 11.8 Å². The molecule has 0 spiro atoms. The molecule has 0 aromatic heterocycles. The van der Waals surface area contributed by atoms with Crippen molar-refractivity contribution in [2.75, 3.05) is 40.7 Å². The summed E-state index contributed by atoms with van der Waals surface area (Å²) in [5.74, 6) is -4.07. The Kier molecular flexibility index (Phi) is 19.3. The van der Waals surface area contributed by atoms with Crippen molar-refractivity contribution in [3.63, 3.8) is 0 Å². The average molecular weight is 875 g/mol. The Morgan fingerprint density at radius 2 is 1.63 bits per heavy atom. The third-order valence-electron chi connectivity index (χ3n) is 12.3. The highest BCUT2D eigenvalue weighted by Crippen LogP contribution is 2.43. The molecule has 0 radical (unpaired) electrons. The van der Waals surface area contributed by atoms with Crippen LogP contribution in [0.25, 0.3) is 0 Å². The summed E-state index contributed by atoms with van der Waals surface area (Å²) in [5.41, 5.74) is 0. The van der Waals surface area contributed by atoms with Crippen molar-refractivity contribution in [3.8, 4) is 0 Å². The van der Waals surface area contributed by atoms with Crippen molar-refractivity contribution in [2.24, 2.45) is 23.7 Å². The SMILES string of the molecule is CC[C@H]1OC(=O)/C=C/[C@H](C)[C@@H](OC2OC(C)CC(N(C)C)C2O)[C@@H](C)C[C@@H](C)C(=O)CC(SCC(NC(C)=O)C(=O)O)[C@H]2O[C@@H]2[C@@H]1COC1OC(C)C(O)C(OC)C1OC. The number of amides is 1. The first-order chi connectivity index (χ1) is 28.3. The standard InChI is InChI=1S/C42H70N2O15S/c1-12-30-26(18-54-42-39(53-11)38(52-10)33(48)24(6)56-42)36-37(58-36)31(60-19-27(40(50)51)43-25(7)45)17-29(46)21(3)15-22(4)35(20(2)13-14-32(47)57-30)59-41-34(49)28(44(8)9)16-23(5)55-41/h13-14,20-24,26-28,30-31,33-39,41-42,48-49H,12,15-19H2,1-11H3,(H,43,45)(H,50,51)/b14-13+/t20-,21+,22-,23?,24?,26+,27?,28?,30+,31?,33?,34?,35+,36+,37+,38?,39?,41?,42?/m0/s1. The summed E-state index contributed by atoms with van der Waals surface area (Å²) in [6.45, 7) is 12.4. The third kappa shape index (κ3) is 13.2. The number of ether oxygens (including phenoxy) is 8. The van der Waals surface area contributed by atoms with E-state index >= 15 is 0 Å². The van der Waals surface area contributed by atoms with Crippen molar-refractivity contribution in [1.29, 1.82) is 0 Å². The molecule has 3 fully saturated rings. The number of methoxy groups -OCH3 is 2. The van der Waals surface area contributed by atoms with E-state index in [1.165, 1.54) is 39.0 Å². The zero-order valence-corrected chi connectivity index (χ0v) is 37.8. The van der Waals surface area contributed by atoms with Crippen molar-refractivity contribution in [3.05, 3.63) is 12.2 Å². The summed E-state index contributed by atoms with van der Waals surface area (Å²) in [4.78, 5) is 53.9. The predicted molar refractivity (Wildman–Crippen MR) is 220 cm³/mol. The molecule has 4 aliphatic rings. The average Bonchev–Trinajstić information content (AvgIpc) is 3.98. The molecule has 0 aliphatic carbocycles. The number of rotatable bonds is 14. The van der Waals surface area contributed by atoms with E-state index in [9.17, 15) is 34.5 Å². The van der Waals surface area contributed by atoms with Crippen LogP contribution in [0.4, 0.5) is 0 Å². The lowest BCUT2D eigenvalue weighted by Crippen LogP contribution is -2.59. The molecule has 0 aromatic rings. The predicted octanol–water partition coefficient (Wildman–Crippen LogP) is 2.17. The molecule has 1 amide bonds. The molecular weight excluding hydrogens is 805 g/mol. The molecule has 4 N–H and O–H groups in total. The van der Waals surface area contributed by atoms with Gasteiger partial charge in [0, 0.05) is 68.4 Å². The van der Waals surface area contributed by atoms with Gasteiger partial charge in [-0.25, -0.2) is 9.59 Å². The molecule has 0 aromatic carbocycles. The molecule has 18 heteroatoms. The van der Waals surface area contributed by atoms with Gasteiger partial charge in [-0.1, -0.05) is 33.8 Å². The number of fused-ring (bicyclic) bond motifs is 1.